The van der Waals surface area contributed by atoms with Crippen LogP contribution in [0.1, 0.15) is 11.1 Å². The van der Waals surface area contributed by atoms with E-state index < -0.39 is 0 Å². The molecule has 1 atom stereocenters. The molecule has 1 aromatic rings. The van der Waals surface area contributed by atoms with Gasteiger partial charge in [-0.15, -0.1) is 0 Å². The Morgan fingerprint density at radius 1 is 1.53 bits per heavy atom. The highest BCUT2D eigenvalue weighted by Gasteiger charge is 2.24. The first-order valence-corrected chi connectivity index (χ1v) is 5.91. The summed E-state index contributed by atoms with van der Waals surface area (Å²) in [6, 6.07) is 6.04. The highest BCUT2D eigenvalue weighted by atomic mass is 16.6. The fourth-order valence-electron chi connectivity index (χ4n) is 2.17. The van der Waals surface area contributed by atoms with E-state index in [1.807, 2.05) is 12.1 Å². The quantitative estimate of drug-likeness (QED) is 0.575. The SMILES string of the molecule is O=CN1CCc2c(cccc2OCC2CO2)C1. The number of carbonyl (C=O) groups excluding carboxylic acids is 1. The van der Waals surface area contributed by atoms with Crippen LogP contribution in [-0.2, 0) is 22.5 Å². The van der Waals surface area contributed by atoms with Gasteiger partial charge >= 0.3 is 0 Å². The lowest BCUT2D eigenvalue weighted by atomic mass is 9.99. The second-order valence-electron chi connectivity index (χ2n) is 4.49. The van der Waals surface area contributed by atoms with Crippen molar-refractivity contribution in [3.05, 3.63) is 29.3 Å². The topological polar surface area (TPSA) is 42.1 Å². The third-order valence-electron chi connectivity index (χ3n) is 3.23. The third-order valence-corrected chi connectivity index (χ3v) is 3.23. The van der Waals surface area contributed by atoms with Crippen molar-refractivity contribution in [1.82, 2.24) is 4.90 Å². The second kappa shape index (κ2) is 4.37. The molecule has 0 saturated carbocycles. The van der Waals surface area contributed by atoms with Gasteiger partial charge in [-0.25, -0.2) is 0 Å². The molecular weight excluding hydrogens is 218 g/mol. The number of fused-ring (bicyclic) bond motifs is 1. The molecule has 1 amide bonds. The van der Waals surface area contributed by atoms with Crippen LogP contribution in [0.3, 0.4) is 0 Å². The van der Waals surface area contributed by atoms with Crippen LogP contribution in [0.4, 0.5) is 0 Å². The van der Waals surface area contributed by atoms with E-state index in [-0.39, 0.29) is 6.10 Å². The third kappa shape index (κ3) is 2.26. The van der Waals surface area contributed by atoms with Crippen LogP contribution >= 0.6 is 0 Å². The Kier molecular flexibility index (Phi) is 2.73. The zero-order valence-electron chi connectivity index (χ0n) is 9.59. The minimum absolute atomic E-state index is 0.279. The van der Waals surface area contributed by atoms with E-state index in [0.717, 1.165) is 31.7 Å². The first kappa shape index (κ1) is 10.6. The monoisotopic (exact) mass is 233 g/mol. The maximum Gasteiger partial charge on any atom is 0.210 e. The van der Waals surface area contributed by atoms with Gasteiger partial charge in [0.1, 0.15) is 18.5 Å². The van der Waals surface area contributed by atoms with Crippen LogP contribution in [0.15, 0.2) is 18.2 Å². The van der Waals surface area contributed by atoms with Crippen molar-refractivity contribution in [3.63, 3.8) is 0 Å². The summed E-state index contributed by atoms with van der Waals surface area (Å²) in [7, 11) is 0. The molecule has 1 unspecified atom stereocenters. The average Bonchev–Trinajstić information content (AvgIpc) is 3.19. The summed E-state index contributed by atoms with van der Waals surface area (Å²) in [6.07, 6.45) is 2.06. The molecule has 0 aromatic heterocycles. The Hall–Kier alpha value is -1.55. The lowest BCUT2D eigenvalue weighted by Crippen LogP contribution is -2.29. The lowest BCUT2D eigenvalue weighted by molar-refractivity contribution is -0.118. The van der Waals surface area contributed by atoms with Crippen molar-refractivity contribution in [1.29, 1.82) is 0 Å². The first-order valence-electron chi connectivity index (χ1n) is 5.91. The lowest BCUT2D eigenvalue weighted by Gasteiger charge is -2.26. The molecule has 0 aliphatic carbocycles. The highest BCUT2D eigenvalue weighted by Crippen LogP contribution is 2.28. The van der Waals surface area contributed by atoms with Gasteiger partial charge in [0.15, 0.2) is 0 Å². The van der Waals surface area contributed by atoms with Crippen molar-refractivity contribution in [2.45, 2.75) is 19.1 Å². The van der Waals surface area contributed by atoms with Crippen LogP contribution in [0, 0.1) is 0 Å². The predicted molar refractivity (Wildman–Crippen MR) is 61.9 cm³/mol. The summed E-state index contributed by atoms with van der Waals surface area (Å²) in [5.74, 6) is 0.948. The Balaban J connectivity index is 1.77. The van der Waals surface area contributed by atoms with Gasteiger partial charge in [-0.05, 0) is 18.1 Å². The Morgan fingerprint density at radius 3 is 3.18 bits per heavy atom. The number of nitrogens with zero attached hydrogens (tertiary/aromatic N) is 1. The van der Waals surface area contributed by atoms with Gasteiger partial charge in [-0.2, -0.15) is 0 Å². The van der Waals surface area contributed by atoms with Crippen molar-refractivity contribution in [2.24, 2.45) is 0 Å². The largest absolute Gasteiger partial charge is 0.490 e. The summed E-state index contributed by atoms with van der Waals surface area (Å²) >= 11 is 0. The van der Waals surface area contributed by atoms with Gasteiger partial charge in [-0.1, -0.05) is 12.1 Å². The Morgan fingerprint density at radius 2 is 2.41 bits per heavy atom. The summed E-state index contributed by atoms with van der Waals surface area (Å²) in [5.41, 5.74) is 2.43. The van der Waals surface area contributed by atoms with Gasteiger partial charge in [0.25, 0.3) is 0 Å². The number of epoxide rings is 1. The van der Waals surface area contributed by atoms with E-state index in [9.17, 15) is 4.79 Å². The van der Waals surface area contributed by atoms with E-state index in [2.05, 4.69) is 6.07 Å². The minimum Gasteiger partial charge on any atom is -0.490 e. The standard InChI is InChI=1S/C13H15NO3/c15-9-14-5-4-12-10(6-14)2-1-3-13(12)17-8-11-7-16-11/h1-3,9,11H,4-8H2. The number of hydrogen-bond acceptors (Lipinski definition) is 3. The van der Waals surface area contributed by atoms with Crippen LogP contribution in [0.5, 0.6) is 5.75 Å². The van der Waals surface area contributed by atoms with Gasteiger partial charge < -0.3 is 14.4 Å². The fraction of sp³-hybridized carbons (Fsp3) is 0.462. The molecule has 0 radical (unpaired) electrons. The molecule has 1 saturated heterocycles. The Labute approximate surface area is 100 Å². The summed E-state index contributed by atoms with van der Waals surface area (Å²) in [6.45, 7) is 2.91. The van der Waals surface area contributed by atoms with Gasteiger partial charge in [0, 0.05) is 18.7 Å². The molecule has 0 spiro atoms. The number of ether oxygens (including phenoxy) is 2. The summed E-state index contributed by atoms with van der Waals surface area (Å²) < 4.78 is 10.9. The van der Waals surface area contributed by atoms with E-state index in [1.165, 1.54) is 11.1 Å². The van der Waals surface area contributed by atoms with Crippen LogP contribution < -0.4 is 4.74 Å². The van der Waals surface area contributed by atoms with Gasteiger partial charge in [-0.3, -0.25) is 4.79 Å². The molecule has 2 heterocycles. The molecule has 90 valence electrons. The van der Waals surface area contributed by atoms with Crippen molar-refractivity contribution in [2.75, 3.05) is 19.8 Å². The van der Waals surface area contributed by atoms with Crippen LogP contribution in [0.2, 0.25) is 0 Å². The van der Waals surface area contributed by atoms with Gasteiger partial charge in [0.2, 0.25) is 6.41 Å². The number of rotatable bonds is 4. The second-order valence-corrected chi connectivity index (χ2v) is 4.49. The summed E-state index contributed by atoms with van der Waals surface area (Å²) in [4.78, 5) is 12.5. The maximum absolute atomic E-state index is 10.8. The molecule has 4 heteroatoms. The molecule has 0 N–H and O–H groups in total. The van der Waals surface area contributed by atoms with Crippen LogP contribution in [0.25, 0.3) is 0 Å². The van der Waals surface area contributed by atoms with Crippen molar-refractivity contribution in [3.8, 4) is 5.75 Å². The number of hydrogen-bond donors (Lipinski definition) is 0. The molecular formula is C13H15NO3. The minimum atomic E-state index is 0.279. The number of carbonyl (C=O) groups is 1. The number of benzene rings is 1. The van der Waals surface area contributed by atoms with Crippen molar-refractivity contribution < 1.29 is 14.3 Å². The van der Waals surface area contributed by atoms with Crippen LogP contribution in [-0.4, -0.2) is 37.2 Å². The van der Waals surface area contributed by atoms with E-state index >= 15 is 0 Å². The zero-order valence-corrected chi connectivity index (χ0v) is 9.59. The predicted octanol–water partition coefficient (Wildman–Crippen LogP) is 0.979. The van der Waals surface area contributed by atoms with E-state index in [4.69, 9.17) is 9.47 Å². The molecule has 17 heavy (non-hydrogen) atoms. The zero-order chi connectivity index (χ0) is 11.7. The average molecular weight is 233 g/mol. The summed E-state index contributed by atoms with van der Waals surface area (Å²) in [5, 5.41) is 0. The smallest absolute Gasteiger partial charge is 0.210 e. The molecule has 4 nitrogen and oxygen atoms in total. The maximum atomic E-state index is 10.8. The number of amides is 1. The van der Waals surface area contributed by atoms with E-state index in [0.29, 0.717) is 13.2 Å². The van der Waals surface area contributed by atoms with E-state index in [1.54, 1.807) is 4.90 Å². The van der Waals surface area contributed by atoms with Gasteiger partial charge in [0.05, 0.1) is 6.61 Å². The molecule has 1 aromatic carbocycles. The molecule has 0 bridgehead atoms. The Bertz CT molecular complexity index is 429. The normalized spacial score (nSPS) is 21.9. The molecule has 3 rings (SSSR count). The highest BCUT2D eigenvalue weighted by molar-refractivity contribution is 5.51. The fourth-order valence-corrected chi connectivity index (χ4v) is 2.17. The van der Waals surface area contributed by atoms with Crippen molar-refractivity contribution >= 4 is 6.41 Å². The first-order chi connectivity index (χ1) is 8.36. The molecule has 2 aliphatic heterocycles. The molecule has 2 aliphatic rings. The molecule has 1 fully saturated rings.